The van der Waals surface area contributed by atoms with Crippen LogP contribution in [0.2, 0.25) is 0 Å². The number of thiocarbonyl (C=S) groups is 1. The molecular weight excluding hydrogens is 268 g/mol. The van der Waals surface area contributed by atoms with Gasteiger partial charge < -0.3 is 20.8 Å². The van der Waals surface area contributed by atoms with E-state index in [9.17, 15) is 0 Å². The van der Waals surface area contributed by atoms with Gasteiger partial charge in [0.05, 0.1) is 0 Å². The summed E-state index contributed by atoms with van der Waals surface area (Å²) in [4.78, 5) is 4.09. The Labute approximate surface area is 93.9 Å². The van der Waals surface area contributed by atoms with Crippen molar-refractivity contribution in [3.63, 3.8) is 0 Å². The fourth-order valence-electron chi connectivity index (χ4n) is 1.09. The molecule has 1 aliphatic rings. The first-order chi connectivity index (χ1) is 6.65. The van der Waals surface area contributed by atoms with E-state index in [4.69, 9.17) is 22.4 Å². The topological polar surface area (TPSA) is 75.6 Å². The van der Waals surface area contributed by atoms with Gasteiger partial charge in [-0.05, 0) is 40.3 Å². The van der Waals surface area contributed by atoms with Gasteiger partial charge >= 0.3 is 0 Å². The van der Waals surface area contributed by atoms with Crippen molar-refractivity contribution in [1.82, 2.24) is 10.6 Å². The molecule has 0 aliphatic carbocycles. The smallest absolute Gasteiger partial charge is 0.197 e. The van der Waals surface area contributed by atoms with E-state index < -0.39 is 0 Å². The van der Waals surface area contributed by atoms with Crippen LogP contribution in [-0.2, 0) is 0 Å². The second-order valence-electron chi connectivity index (χ2n) is 2.66. The van der Waals surface area contributed by atoms with Crippen LogP contribution >= 0.6 is 28.1 Å². The summed E-state index contributed by atoms with van der Waals surface area (Å²) in [5.74, 6) is 0.940. The summed E-state index contributed by atoms with van der Waals surface area (Å²) in [7, 11) is 0. The SMILES string of the molecule is NC1=N[C@@H](c2ccc(Br)o2)NC(=S)N1. The zero-order chi connectivity index (χ0) is 10.1. The minimum atomic E-state index is -0.352. The molecule has 14 heavy (non-hydrogen) atoms. The van der Waals surface area contributed by atoms with Gasteiger partial charge in [0.2, 0.25) is 0 Å². The minimum Gasteiger partial charge on any atom is -0.450 e. The Balaban J connectivity index is 2.27. The maximum Gasteiger partial charge on any atom is 0.197 e. The lowest BCUT2D eigenvalue weighted by molar-refractivity contribution is 0.435. The maximum atomic E-state index is 5.52. The second-order valence-corrected chi connectivity index (χ2v) is 3.85. The molecule has 0 amide bonds. The molecular formula is C7H7BrN4OS. The zero-order valence-corrected chi connectivity index (χ0v) is 9.35. The first kappa shape index (κ1) is 9.47. The van der Waals surface area contributed by atoms with E-state index in [0.717, 1.165) is 0 Å². The second kappa shape index (κ2) is 3.58. The number of nitrogens with zero attached hydrogens (tertiary/aromatic N) is 1. The summed E-state index contributed by atoms with van der Waals surface area (Å²) in [5.41, 5.74) is 5.52. The molecule has 1 atom stereocenters. The molecule has 2 rings (SSSR count). The Kier molecular flexibility index (Phi) is 2.42. The van der Waals surface area contributed by atoms with Crippen LogP contribution in [0.1, 0.15) is 11.9 Å². The van der Waals surface area contributed by atoms with E-state index in [-0.39, 0.29) is 12.1 Å². The minimum absolute atomic E-state index is 0.284. The van der Waals surface area contributed by atoms with Gasteiger partial charge in [-0.25, -0.2) is 4.99 Å². The highest BCUT2D eigenvalue weighted by atomic mass is 79.9. The van der Waals surface area contributed by atoms with Crippen molar-refractivity contribution in [2.24, 2.45) is 10.7 Å². The number of hydrogen-bond donors (Lipinski definition) is 3. The van der Waals surface area contributed by atoms with Crippen molar-refractivity contribution in [1.29, 1.82) is 0 Å². The number of rotatable bonds is 1. The molecule has 0 radical (unpaired) electrons. The van der Waals surface area contributed by atoms with E-state index in [2.05, 4.69) is 31.6 Å². The Morgan fingerprint density at radius 2 is 2.36 bits per heavy atom. The quantitative estimate of drug-likeness (QED) is 0.662. The Morgan fingerprint density at radius 1 is 1.57 bits per heavy atom. The molecule has 4 N–H and O–H groups in total. The summed E-state index contributed by atoms with van der Waals surface area (Å²) >= 11 is 8.14. The van der Waals surface area contributed by atoms with E-state index in [1.54, 1.807) is 12.1 Å². The van der Waals surface area contributed by atoms with Crippen molar-refractivity contribution >= 4 is 39.2 Å². The summed E-state index contributed by atoms with van der Waals surface area (Å²) < 4.78 is 5.97. The van der Waals surface area contributed by atoms with Crippen molar-refractivity contribution in [2.45, 2.75) is 6.17 Å². The van der Waals surface area contributed by atoms with Crippen molar-refractivity contribution < 1.29 is 4.42 Å². The number of furan rings is 1. The molecule has 0 saturated heterocycles. The van der Waals surface area contributed by atoms with E-state index >= 15 is 0 Å². The lowest BCUT2D eigenvalue weighted by Gasteiger charge is -2.21. The van der Waals surface area contributed by atoms with Crippen LogP contribution in [-0.4, -0.2) is 11.1 Å². The third-order valence-electron chi connectivity index (χ3n) is 1.64. The summed E-state index contributed by atoms with van der Waals surface area (Å²) in [6.07, 6.45) is -0.352. The third-order valence-corrected chi connectivity index (χ3v) is 2.29. The lowest BCUT2D eigenvalue weighted by atomic mass is 10.3. The zero-order valence-electron chi connectivity index (χ0n) is 6.95. The number of halogens is 1. The Bertz CT molecular complexity index is 402. The van der Waals surface area contributed by atoms with E-state index in [1.807, 2.05) is 0 Å². The monoisotopic (exact) mass is 274 g/mol. The molecule has 0 unspecified atom stereocenters. The third kappa shape index (κ3) is 1.88. The number of nitrogens with two attached hydrogens (primary N) is 1. The molecule has 0 bridgehead atoms. The molecule has 0 fully saturated rings. The fourth-order valence-corrected chi connectivity index (χ4v) is 1.63. The molecule has 1 aromatic heterocycles. The molecule has 0 spiro atoms. The van der Waals surface area contributed by atoms with Crippen LogP contribution in [0, 0.1) is 0 Å². The van der Waals surface area contributed by atoms with Crippen molar-refractivity contribution in [3.8, 4) is 0 Å². The molecule has 5 nitrogen and oxygen atoms in total. The van der Waals surface area contributed by atoms with Crippen LogP contribution in [0.3, 0.4) is 0 Å². The Hall–Kier alpha value is -1.08. The number of guanidine groups is 1. The van der Waals surface area contributed by atoms with Crippen LogP contribution in [0.15, 0.2) is 26.2 Å². The van der Waals surface area contributed by atoms with Gasteiger partial charge in [-0.3, -0.25) is 0 Å². The molecule has 1 aromatic rings. The predicted molar refractivity (Wildman–Crippen MR) is 59.6 cm³/mol. The highest BCUT2D eigenvalue weighted by molar-refractivity contribution is 9.10. The first-order valence-corrected chi connectivity index (χ1v) is 5.01. The molecule has 1 aliphatic heterocycles. The van der Waals surface area contributed by atoms with Crippen LogP contribution in [0.5, 0.6) is 0 Å². The highest BCUT2D eigenvalue weighted by Gasteiger charge is 2.19. The van der Waals surface area contributed by atoms with Gasteiger partial charge in [0.15, 0.2) is 21.9 Å². The van der Waals surface area contributed by atoms with Crippen molar-refractivity contribution in [2.75, 3.05) is 0 Å². The summed E-state index contributed by atoms with van der Waals surface area (Å²) in [5, 5.41) is 6.03. The molecule has 7 heteroatoms. The van der Waals surface area contributed by atoms with Gasteiger partial charge in [-0.1, -0.05) is 0 Å². The number of hydrogen-bond acceptors (Lipinski definition) is 4. The molecule has 0 aromatic carbocycles. The number of nitrogens with one attached hydrogen (secondary N) is 2. The molecule has 0 saturated carbocycles. The van der Waals surface area contributed by atoms with Crippen molar-refractivity contribution in [3.05, 3.63) is 22.6 Å². The normalized spacial score (nSPS) is 21.1. The van der Waals surface area contributed by atoms with Gasteiger partial charge in [0.1, 0.15) is 5.76 Å². The standard InChI is InChI=1S/C7H7BrN4OS/c8-4-2-1-3(13-4)5-10-6(9)12-7(14)11-5/h1-2,5H,(H4,9,10,11,12,14)/t5-/m1/s1. The maximum absolute atomic E-state index is 5.52. The van der Waals surface area contributed by atoms with Crippen LogP contribution < -0.4 is 16.4 Å². The van der Waals surface area contributed by atoms with Crippen LogP contribution in [0.25, 0.3) is 0 Å². The molecule has 74 valence electrons. The van der Waals surface area contributed by atoms with Gasteiger partial charge in [0, 0.05) is 0 Å². The van der Waals surface area contributed by atoms with Gasteiger partial charge in [-0.15, -0.1) is 0 Å². The largest absolute Gasteiger partial charge is 0.450 e. The highest BCUT2D eigenvalue weighted by Crippen LogP contribution is 2.21. The summed E-state index contributed by atoms with van der Waals surface area (Å²) in [6.45, 7) is 0. The van der Waals surface area contributed by atoms with Gasteiger partial charge in [0.25, 0.3) is 0 Å². The average Bonchev–Trinajstić information content (AvgIpc) is 2.50. The van der Waals surface area contributed by atoms with Crippen LogP contribution in [0.4, 0.5) is 0 Å². The van der Waals surface area contributed by atoms with E-state index in [1.165, 1.54) is 0 Å². The summed E-state index contributed by atoms with van der Waals surface area (Å²) in [6, 6.07) is 3.58. The fraction of sp³-hybridized carbons (Fsp3) is 0.143. The number of aliphatic imine (C=N–C) groups is 1. The lowest BCUT2D eigenvalue weighted by Crippen LogP contribution is -2.49. The molecule has 2 heterocycles. The van der Waals surface area contributed by atoms with E-state index in [0.29, 0.717) is 15.5 Å². The average molecular weight is 275 g/mol. The Morgan fingerprint density at radius 3 is 2.93 bits per heavy atom. The predicted octanol–water partition coefficient (Wildman–Crippen LogP) is 0.833. The first-order valence-electron chi connectivity index (χ1n) is 3.81. The van der Waals surface area contributed by atoms with Gasteiger partial charge in [-0.2, -0.15) is 0 Å².